The molecule has 0 aliphatic carbocycles. The lowest BCUT2D eigenvalue weighted by Gasteiger charge is -2.29. The number of hydrogen-bond acceptors (Lipinski definition) is 4. The molecule has 1 saturated heterocycles. The van der Waals surface area contributed by atoms with Crippen molar-refractivity contribution >= 4 is 38.9 Å². The first-order valence-electron chi connectivity index (χ1n) is 11.6. The van der Waals surface area contributed by atoms with Gasteiger partial charge in [-0.2, -0.15) is 0 Å². The lowest BCUT2D eigenvalue weighted by atomic mass is 9.96. The van der Waals surface area contributed by atoms with Gasteiger partial charge in [-0.15, -0.1) is 0 Å². The molecule has 3 heterocycles. The monoisotopic (exact) mass is 562 g/mol. The minimum atomic E-state index is -0.151. The van der Waals surface area contributed by atoms with Gasteiger partial charge in [0.1, 0.15) is 11.5 Å². The number of benzene rings is 2. The Morgan fingerprint density at radius 3 is 2.50 bits per heavy atom. The Labute approximate surface area is 225 Å². The number of halogens is 1. The van der Waals surface area contributed by atoms with Crippen molar-refractivity contribution in [2.75, 3.05) is 19.1 Å². The van der Waals surface area contributed by atoms with E-state index in [1.165, 1.54) is 0 Å². The summed E-state index contributed by atoms with van der Waals surface area (Å²) in [6.07, 6.45) is 1.82. The summed E-state index contributed by atoms with van der Waals surface area (Å²) in [7, 11) is 3.31. The Balaban J connectivity index is 1.70. The molecule has 4 aromatic rings. The van der Waals surface area contributed by atoms with E-state index in [1.807, 2.05) is 48.7 Å². The van der Waals surface area contributed by atoms with Crippen LogP contribution < -0.4 is 19.7 Å². The largest absolute Gasteiger partial charge is 0.497 e. The van der Waals surface area contributed by atoms with Crippen molar-refractivity contribution in [2.45, 2.75) is 25.9 Å². The van der Waals surface area contributed by atoms with Crippen LogP contribution in [0.3, 0.4) is 0 Å². The van der Waals surface area contributed by atoms with Crippen LogP contribution in [-0.4, -0.2) is 28.9 Å². The molecule has 0 amide bonds. The van der Waals surface area contributed by atoms with E-state index < -0.39 is 0 Å². The van der Waals surface area contributed by atoms with Crippen molar-refractivity contribution in [3.05, 3.63) is 100 Å². The van der Waals surface area contributed by atoms with Crippen LogP contribution in [0.1, 0.15) is 34.7 Å². The fourth-order valence-corrected chi connectivity index (χ4v) is 5.74. The molecule has 2 atom stereocenters. The van der Waals surface area contributed by atoms with E-state index in [4.69, 9.17) is 21.7 Å². The fraction of sp³-hybridized carbons (Fsp3) is 0.214. The second-order valence-corrected chi connectivity index (χ2v) is 9.98. The summed E-state index contributed by atoms with van der Waals surface area (Å²) >= 11 is 9.54. The van der Waals surface area contributed by atoms with Crippen LogP contribution in [-0.2, 0) is 0 Å². The van der Waals surface area contributed by atoms with E-state index >= 15 is 0 Å². The number of anilines is 1. The van der Waals surface area contributed by atoms with Gasteiger partial charge in [0, 0.05) is 33.8 Å². The van der Waals surface area contributed by atoms with Gasteiger partial charge in [-0.05, 0) is 80.2 Å². The smallest absolute Gasteiger partial charge is 0.174 e. The predicted octanol–water partition coefficient (Wildman–Crippen LogP) is 6.45. The summed E-state index contributed by atoms with van der Waals surface area (Å²) in [5, 5.41) is 4.16. The third-order valence-electron chi connectivity index (χ3n) is 6.60. The minimum absolute atomic E-state index is 0.151. The highest BCUT2D eigenvalue weighted by atomic mass is 79.9. The molecule has 6 nitrogen and oxygen atoms in total. The van der Waals surface area contributed by atoms with Crippen LogP contribution in [0.4, 0.5) is 5.69 Å². The van der Waals surface area contributed by atoms with E-state index in [-0.39, 0.29) is 12.1 Å². The molecule has 0 bridgehead atoms. The number of methoxy groups -OCH3 is 2. The van der Waals surface area contributed by atoms with Gasteiger partial charge in [0.25, 0.3) is 0 Å². The van der Waals surface area contributed by atoms with Gasteiger partial charge in [-0.1, -0.05) is 28.1 Å². The van der Waals surface area contributed by atoms with Gasteiger partial charge in [0.05, 0.1) is 37.7 Å². The normalized spacial score (nSPS) is 17.2. The lowest BCUT2D eigenvalue weighted by molar-refractivity contribution is 0.394. The maximum atomic E-state index is 5.93. The van der Waals surface area contributed by atoms with Crippen molar-refractivity contribution in [2.24, 2.45) is 0 Å². The molecular weight excluding hydrogens is 536 g/mol. The third-order valence-corrected chi connectivity index (χ3v) is 7.41. The van der Waals surface area contributed by atoms with Crippen molar-refractivity contribution < 1.29 is 9.47 Å². The zero-order valence-corrected chi connectivity index (χ0v) is 22.9. The number of aromatic nitrogens is 2. The summed E-state index contributed by atoms with van der Waals surface area (Å²) in [6.45, 7) is 4.29. The molecular formula is C28H27BrN4O2S. The van der Waals surface area contributed by atoms with Gasteiger partial charge in [-0.3, -0.25) is 4.98 Å². The Kier molecular flexibility index (Phi) is 6.73. The molecule has 2 aromatic heterocycles. The molecule has 2 aromatic carbocycles. The topological polar surface area (TPSA) is 51.5 Å². The molecule has 0 radical (unpaired) electrons. The minimum Gasteiger partial charge on any atom is -0.497 e. The molecule has 1 N–H and O–H groups in total. The van der Waals surface area contributed by atoms with E-state index in [0.717, 1.165) is 44.2 Å². The molecule has 1 aliphatic rings. The van der Waals surface area contributed by atoms with Crippen LogP contribution in [0, 0.1) is 13.8 Å². The van der Waals surface area contributed by atoms with Gasteiger partial charge >= 0.3 is 0 Å². The van der Waals surface area contributed by atoms with Gasteiger partial charge in [-0.25, -0.2) is 0 Å². The molecule has 8 heteroatoms. The first-order chi connectivity index (χ1) is 17.4. The Morgan fingerprint density at radius 1 is 0.972 bits per heavy atom. The molecule has 1 aliphatic heterocycles. The van der Waals surface area contributed by atoms with Crippen LogP contribution >= 0.6 is 28.1 Å². The van der Waals surface area contributed by atoms with Crippen molar-refractivity contribution in [3.8, 4) is 17.2 Å². The summed E-state index contributed by atoms with van der Waals surface area (Å²) in [6, 6.07) is 22.0. The van der Waals surface area contributed by atoms with E-state index in [1.54, 1.807) is 14.2 Å². The standard InChI is InChI=1S/C28H27BrN4O2S/c1-17-14-22(18(2)32(17)20-9-7-8-19(29)15-20)27-26(23-10-5-6-13-30-23)31-28(36)33(27)24-12-11-21(34-3)16-25(24)35-4/h5-16,26-27H,1-4H3,(H,31,36)/t26-,27-/m0/s1. The molecule has 0 spiro atoms. The maximum absolute atomic E-state index is 5.93. The number of nitrogens with one attached hydrogen (secondary N) is 1. The zero-order valence-electron chi connectivity index (χ0n) is 20.5. The molecule has 0 saturated carbocycles. The highest BCUT2D eigenvalue weighted by Crippen LogP contribution is 2.46. The summed E-state index contributed by atoms with van der Waals surface area (Å²) < 4.78 is 14.5. The number of pyridine rings is 1. The number of ether oxygens (including phenoxy) is 2. The van der Waals surface area contributed by atoms with Crippen molar-refractivity contribution in [3.63, 3.8) is 0 Å². The maximum Gasteiger partial charge on any atom is 0.174 e. The van der Waals surface area contributed by atoms with Crippen LogP contribution in [0.5, 0.6) is 11.5 Å². The fourth-order valence-electron chi connectivity index (χ4n) is 5.01. The first kappa shape index (κ1) is 24.3. The molecule has 184 valence electrons. The van der Waals surface area contributed by atoms with E-state index in [0.29, 0.717) is 10.9 Å². The summed E-state index contributed by atoms with van der Waals surface area (Å²) in [5.74, 6) is 1.41. The number of thiocarbonyl (C=S) groups is 1. The average molecular weight is 564 g/mol. The van der Waals surface area contributed by atoms with Crippen LogP contribution in [0.15, 0.2) is 77.4 Å². The van der Waals surface area contributed by atoms with Crippen LogP contribution in [0.25, 0.3) is 5.69 Å². The SMILES string of the molecule is COc1ccc(N2C(=S)N[C@@H](c3ccccn3)[C@@H]2c2cc(C)n(-c3cccc(Br)c3)c2C)c(OC)c1. The third kappa shape index (κ3) is 4.24. The Bertz CT molecular complexity index is 1420. The second kappa shape index (κ2) is 9.95. The van der Waals surface area contributed by atoms with Crippen LogP contribution in [0.2, 0.25) is 0 Å². The summed E-state index contributed by atoms with van der Waals surface area (Å²) in [5.41, 5.74) is 6.33. The van der Waals surface area contributed by atoms with Gasteiger partial charge < -0.3 is 24.3 Å². The van der Waals surface area contributed by atoms with Gasteiger partial charge in [0.15, 0.2) is 5.11 Å². The number of hydrogen-bond donors (Lipinski definition) is 1. The Morgan fingerprint density at radius 2 is 1.81 bits per heavy atom. The van der Waals surface area contributed by atoms with E-state index in [2.05, 4.69) is 73.8 Å². The molecule has 0 unspecified atom stereocenters. The Hall–Kier alpha value is -3.36. The second-order valence-electron chi connectivity index (χ2n) is 8.68. The van der Waals surface area contributed by atoms with Crippen molar-refractivity contribution in [1.29, 1.82) is 0 Å². The quantitative estimate of drug-likeness (QED) is 0.273. The predicted molar refractivity (Wildman–Crippen MR) is 150 cm³/mol. The summed E-state index contributed by atoms with van der Waals surface area (Å²) in [4.78, 5) is 6.82. The van der Waals surface area contributed by atoms with E-state index in [9.17, 15) is 0 Å². The first-order valence-corrected chi connectivity index (χ1v) is 12.8. The number of rotatable bonds is 6. The van der Waals surface area contributed by atoms with Crippen molar-refractivity contribution in [1.82, 2.24) is 14.9 Å². The number of aryl methyl sites for hydroxylation is 1. The van der Waals surface area contributed by atoms with Gasteiger partial charge in [0.2, 0.25) is 0 Å². The molecule has 5 rings (SSSR count). The number of nitrogens with zero attached hydrogens (tertiary/aromatic N) is 3. The lowest BCUT2D eigenvalue weighted by Crippen LogP contribution is -2.30. The molecule has 1 fully saturated rings. The average Bonchev–Trinajstić information content (AvgIpc) is 3.38. The highest BCUT2D eigenvalue weighted by molar-refractivity contribution is 9.10. The zero-order chi connectivity index (χ0) is 25.4. The molecule has 36 heavy (non-hydrogen) atoms. The highest BCUT2D eigenvalue weighted by Gasteiger charge is 2.43.